The molecule has 1 aromatic heterocycles. The van der Waals surface area contributed by atoms with E-state index in [9.17, 15) is 0 Å². The van der Waals surface area contributed by atoms with E-state index in [2.05, 4.69) is 10.5 Å². The molecular formula is C13H16Cl2N4. The maximum Gasteiger partial charge on any atom is 0.130 e. The molecule has 1 atom stereocenters. The third-order valence-electron chi connectivity index (χ3n) is 3.15. The van der Waals surface area contributed by atoms with Gasteiger partial charge in [-0.25, -0.2) is 0 Å². The van der Waals surface area contributed by atoms with Crippen LogP contribution in [-0.2, 0) is 13.5 Å². The van der Waals surface area contributed by atoms with Gasteiger partial charge in [-0.2, -0.15) is 5.10 Å². The third-order valence-corrected chi connectivity index (χ3v) is 3.88. The zero-order valence-corrected chi connectivity index (χ0v) is 12.3. The Morgan fingerprint density at radius 3 is 2.42 bits per heavy atom. The molecule has 0 aliphatic heterocycles. The molecule has 102 valence electrons. The van der Waals surface area contributed by atoms with Crippen molar-refractivity contribution in [3.63, 3.8) is 0 Å². The van der Waals surface area contributed by atoms with Gasteiger partial charge >= 0.3 is 0 Å². The number of nitrogens with zero attached hydrogens (tertiary/aromatic N) is 2. The van der Waals surface area contributed by atoms with Crippen LogP contribution in [0.1, 0.15) is 22.9 Å². The number of nitrogens with two attached hydrogens (primary N) is 1. The molecule has 3 N–H and O–H groups in total. The second kappa shape index (κ2) is 5.92. The highest BCUT2D eigenvalue weighted by atomic mass is 35.5. The number of hydrogen-bond acceptors (Lipinski definition) is 3. The lowest BCUT2D eigenvalue weighted by Crippen LogP contribution is -2.29. The number of nitrogens with one attached hydrogen (secondary N) is 1. The average molecular weight is 299 g/mol. The summed E-state index contributed by atoms with van der Waals surface area (Å²) in [5, 5.41) is 5.65. The summed E-state index contributed by atoms with van der Waals surface area (Å²) in [6.45, 7) is 1.94. The first kappa shape index (κ1) is 14.3. The summed E-state index contributed by atoms with van der Waals surface area (Å²) in [7, 11) is 1.83. The van der Waals surface area contributed by atoms with Crippen molar-refractivity contribution in [3.05, 3.63) is 51.3 Å². The van der Waals surface area contributed by atoms with Crippen molar-refractivity contribution in [2.75, 3.05) is 0 Å². The fraction of sp³-hybridized carbons (Fsp3) is 0.308. The Balaban J connectivity index is 2.26. The largest absolute Gasteiger partial charge is 0.271 e. The third kappa shape index (κ3) is 3.09. The summed E-state index contributed by atoms with van der Waals surface area (Å²) in [5.74, 6) is 5.64. The number of hydrazine groups is 1. The van der Waals surface area contributed by atoms with Crippen molar-refractivity contribution in [2.24, 2.45) is 12.9 Å². The van der Waals surface area contributed by atoms with Gasteiger partial charge in [-0.05, 0) is 31.0 Å². The molecule has 1 heterocycles. The molecular weight excluding hydrogens is 283 g/mol. The van der Waals surface area contributed by atoms with Crippen LogP contribution < -0.4 is 11.3 Å². The minimum atomic E-state index is -0.0299. The predicted octanol–water partition coefficient (Wildman–Crippen LogP) is 2.78. The Bertz CT molecular complexity index is 563. The first-order valence-corrected chi connectivity index (χ1v) is 6.68. The van der Waals surface area contributed by atoms with Crippen molar-refractivity contribution in [3.8, 4) is 0 Å². The minimum Gasteiger partial charge on any atom is -0.271 e. The van der Waals surface area contributed by atoms with Crippen molar-refractivity contribution < 1.29 is 0 Å². The molecule has 0 amide bonds. The molecule has 2 rings (SSSR count). The molecule has 19 heavy (non-hydrogen) atoms. The van der Waals surface area contributed by atoms with Gasteiger partial charge < -0.3 is 0 Å². The second-order valence-electron chi connectivity index (χ2n) is 4.45. The van der Waals surface area contributed by atoms with Crippen LogP contribution in [0.25, 0.3) is 0 Å². The lowest BCUT2D eigenvalue weighted by atomic mass is 10.00. The molecule has 0 aliphatic rings. The van der Waals surface area contributed by atoms with E-state index in [1.54, 1.807) is 4.68 Å². The molecule has 2 aromatic rings. The molecule has 0 aliphatic carbocycles. The maximum absolute atomic E-state index is 6.24. The Morgan fingerprint density at radius 2 is 1.95 bits per heavy atom. The van der Waals surface area contributed by atoms with Crippen LogP contribution >= 0.6 is 23.2 Å². The minimum absolute atomic E-state index is 0.0299. The first-order chi connectivity index (χ1) is 9.02. The number of rotatable bonds is 4. The molecule has 4 nitrogen and oxygen atoms in total. The van der Waals surface area contributed by atoms with E-state index < -0.39 is 0 Å². The summed E-state index contributed by atoms with van der Waals surface area (Å²) < 4.78 is 1.67. The molecule has 6 heteroatoms. The normalized spacial score (nSPS) is 12.7. The van der Waals surface area contributed by atoms with Gasteiger partial charge in [-0.15, -0.1) is 0 Å². The van der Waals surface area contributed by atoms with E-state index in [1.807, 2.05) is 38.2 Å². The summed E-state index contributed by atoms with van der Waals surface area (Å²) in [4.78, 5) is 0. The first-order valence-electron chi connectivity index (χ1n) is 5.92. The number of aromatic nitrogens is 2. The zero-order chi connectivity index (χ0) is 14.0. The van der Waals surface area contributed by atoms with Gasteiger partial charge in [-0.3, -0.25) is 16.0 Å². The van der Waals surface area contributed by atoms with E-state index in [1.165, 1.54) is 0 Å². The highest BCUT2D eigenvalue weighted by Gasteiger charge is 2.17. The highest BCUT2D eigenvalue weighted by molar-refractivity contribution is 6.30. The summed E-state index contributed by atoms with van der Waals surface area (Å²) in [5.41, 5.74) is 5.79. The van der Waals surface area contributed by atoms with Crippen LogP contribution in [0.3, 0.4) is 0 Å². The molecule has 0 spiro atoms. The van der Waals surface area contributed by atoms with E-state index in [-0.39, 0.29) is 6.04 Å². The Hall–Kier alpha value is -1.07. The van der Waals surface area contributed by atoms with Gasteiger partial charge in [0.15, 0.2) is 0 Å². The Morgan fingerprint density at radius 1 is 1.32 bits per heavy atom. The van der Waals surface area contributed by atoms with Crippen LogP contribution in [0.5, 0.6) is 0 Å². The highest BCUT2D eigenvalue weighted by Crippen LogP contribution is 2.26. The summed E-state index contributed by atoms with van der Waals surface area (Å²) >= 11 is 12.1. The lowest BCUT2D eigenvalue weighted by molar-refractivity contribution is 0.551. The van der Waals surface area contributed by atoms with E-state index in [0.29, 0.717) is 16.6 Å². The number of halogens is 2. The standard InChI is InChI=1S/C13H16Cl2N4/c1-8-11(13(15)19(2)18-8)7-12(17-16)9-3-5-10(14)6-4-9/h3-6,12,17H,7,16H2,1-2H3. The molecule has 1 unspecified atom stereocenters. The molecule has 0 radical (unpaired) electrons. The molecule has 1 aromatic carbocycles. The summed E-state index contributed by atoms with van der Waals surface area (Å²) in [6.07, 6.45) is 0.677. The number of aryl methyl sites for hydroxylation is 2. The van der Waals surface area contributed by atoms with Gasteiger partial charge in [0.1, 0.15) is 5.15 Å². The monoisotopic (exact) mass is 298 g/mol. The van der Waals surface area contributed by atoms with Crippen LogP contribution in [0.2, 0.25) is 10.2 Å². The van der Waals surface area contributed by atoms with Gasteiger partial charge in [0.2, 0.25) is 0 Å². The molecule has 0 fully saturated rings. The molecule has 0 saturated heterocycles. The van der Waals surface area contributed by atoms with Crippen molar-refractivity contribution >= 4 is 23.2 Å². The van der Waals surface area contributed by atoms with Crippen molar-refractivity contribution in [2.45, 2.75) is 19.4 Å². The van der Waals surface area contributed by atoms with Gasteiger partial charge in [-0.1, -0.05) is 35.3 Å². The van der Waals surface area contributed by atoms with E-state index >= 15 is 0 Å². The van der Waals surface area contributed by atoms with Gasteiger partial charge in [0.05, 0.1) is 11.7 Å². The fourth-order valence-electron chi connectivity index (χ4n) is 2.08. The van der Waals surface area contributed by atoms with E-state index in [0.717, 1.165) is 16.8 Å². The Kier molecular flexibility index (Phi) is 4.47. The van der Waals surface area contributed by atoms with Crippen molar-refractivity contribution in [1.29, 1.82) is 0 Å². The average Bonchev–Trinajstić information content (AvgIpc) is 2.63. The van der Waals surface area contributed by atoms with Gasteiger partial charge in [0.25, 0.3) is 0 Å². The predicted molar refractivity (Wildman–Crippen MR) is 78.2 cm³/mol. The fourth-order valence-corrected chi connectivity index (χ4v) is 2.46. The van der Waals surface area contributed by atoms with Gasteiger partial charge in [0, 0.05) is 17.6 Å². The van der Waals surface area contributed by atoms with Crippen LogP contribution in [0, 0.1) is 6.92 Å². The smallest absolute Gasteiger partial charge is 0.130 e. The Labute approximate surface area is 122 Å². The second-order valence-corrected chi connectivity index (χ2v) is 5.25. The SMILES string of the molecule is Cc1nn(C)c(Cl)c1CC(NN)c1ccc(Cl)cc1. The molecule has 0 bridgehead atoms. The van der Waals surface area contributed by atoms with Crippen LogP contribution in [-0.4, -0.2) is 9.78 Å². The quantitative estimate of drug-likeness (QED) is 0.674. The lowest BCUT2D eigenvalue weighted by Gasteiger charge is -2.16. The molecule has 0 saturated carbocycles. The van der Waals surface area contributed by atoms with Crippen LogP contribution in [0.15, 0.2) is 24.3 Å². The topological polar surface area (TPSA) is 55.9 Å². The van der Waals surface area contributed by atoms with Crippen molar-refractivity contribution in [1.82, 2.24) is 15.2 Å². The zero-order valence-electron chi connectivity index (χ0n) is 10.8. The van der Waals surface area contributed by atoms with E-state index in [4.69, 9.17) is 29.0 Å². The number of benzene rings is 1. The summed E-state index contributed by atoms with van der Waals surface area (Å²) in [6, 6.07) is 7.56. The maximum atomic E-state index is 6.24. The van der Waals surface area contributed by atoms with Crippen LogP contribution in [0.4, 0.5) is 0 Å². The number of hydrogen-bond donors (Lipinski definition) is 2.